The van der Waals surface area contributed by atoms with E-state index in [1.165, 1.54) is 31.2 Å². The predicted molar refractivity (Wildman–Crippen MR) is 82.9 cm³/mol. The zero-order valence-corrected chi connectivity index (χ0v) is 13.1. The Hall–Kier alpha value is -0.320. The van der Waals surface area contributed by atoms with Gasteiger partial charge in [0.05, 0.1) is 23.2 Å². The first kappa shape index (κ1) is 13.7. The van der Waals surface area contributed by atoms with Gasteiger partial charge in [-0.1, -0.05) is 46.6 Å². The van der Waals surface area contributed by atoms with Crippen LogP contribution < -0.4 is 4.74 Å². The van der Waals surface area contributed by atoms with Gasteiger partial charge in [-0.3, -0.25) is 0 Å². The van der Waals surface area contributed by atoms with Crippen molar-refractivity contribution >= 4 is 21.6 Å². The van der Waals surface area contributed by atoms with E-state index in [0.29, 0.717) is 16.1 Å². The minimum Gasteiger partial charge on any atom is -0.497 e. The standard InChI is InChI=1S/C15H20O2S2/c1-16-12-7-5-11(6-8-12)13-14(17-2)15(19-18-13)9-3-4-10-15/h5-8,13-14H,3-4,9-10H2,1-2H3. The van der Waals surface area contributed by atoms with E-state index in [0.717, 1.165) is 5.75 Å². The van der Waals surface area contributed by atoms with Crippen molar-refractivity contribution in [1.29, 1.82) is 0 Å². The largest absolute Gasteiger partial charge is 0.497 e. The zero-order valence-electron chi connectivity index (χ0n) is 11.4. The van der Waals surface area contributed by atoms with Gasteiger partial charge >= 0.3 is 0 Å². The molecule has 0 amide bonds. The summed E-state index contributed by atoms with van der Waals surface area (Å²) in [5, 5.41) is 0.444. The molecule has 1 aliphatic heterocycles. The van der Waals surface area contributed by atoms with E-state index < -0.39 is 0 Å². The van der Waals surface area contributed by atoms with Gasteiger partial charge in [0.1, 0.15) is 5.75 Å². The fraction of sp³-hybridized carbons (Fsp3) is 0.600. The van der Waals surface area contributed by atoms with Crippen molar-refractivity contribution in [2.45, 2.75) is 41.8 Å². The molecule has 2 nitrogen and oxygen atoms in total. The number of rotatable bonds is 3. The first-order valence-corrected chi connectivity index (χ1v) is 9.01. The Morgan fingerprint density at radius 1 is 1.11 bits per heavy atom. The monoisotopic (exact) mass is 296 g/mol. The second kappa shape index (κ2) is 5.58. The van der Waals surface area contributed by atoms with Crippen LogP contribution in [0.15, 0.2) is 24.3 Å². The van der Waals surface area contributed by atoms with Gasteiger partial charge in [0, 0.05) is 7.11 Å². The van der Waals surface area contributed by atoms with Crippen LogP contribution in [-0.4, -0.2) is 25.1 Å². The van der Waals surface area contributed by atoms with Crippen molar-refractivity contribution in [3.8, 4) is 5.75 Å². The first-order valence-electron chi connectivity index (χ1n) is 6.80. The molecular weight excluding hydrogens is 276 g/mol. The number of methoxy groups -OCH3 is 2. The van der Waals surface area contributed by atoms with E-state index in [1.54, 1.807) is 7.11 Å². The molecule has 2 fully saturated rings. The Morgan fingerprint density at radius 2 is 1.79 bits per heavy atom. The molecule has 4 heteroatoms. The van der Waals surface area contributed by atoms with E-state index in [1.807, 2.05) is 30.0 Å². The lowest BCUT2D eigenvalue weighted by molar-refractivity contribution is 0.0703. The smallest absolute Gasteiger partial charge is 0.118 e. The van der Waals surface area contributed by atoms with Crippen LogP contribution in [0.2, 0.25) is 0 Å². The molecule has 0 bridgehead atoms. The van der Waals surface area contributed by atoms with Crippen LogP contribution in [-0.2, 0) is 4.74 Å². The summed E-state index contributed by atoms with van der Waals surface area (Å²) >= 11 is 0. The van der Waals surface area contributed by atoms with Crippen LogP contribution in [0, 0.1) is 0 Å². The van der Waals surface area contributed by atoms with Crippen molar-refractivity contribution in [2.24, 2.45) is 0 Å². The normalized spacial score (nSPS) is 28.9. The van der Waals surface area contributed by atoms with Gasteiger partial charge in [-0.25, -0.2) is 0 Å². The second-order valence-electron chi connectivity index (χ2n) is 5.30. The molecule has 3 rings (SSSR count). The molecule has 2 unspecified atom stereocenters. The summed E-state index contributed by atoms with van der Waals surface area (Å²) in [6, 6.07) is 8.45. The Bertz CT molecular complexity index is 426. The van der Waals surface area contributed by atoms with Crippen molar-refractivity contribution in [2.75, 3.05) is 14.2 Å². The number of hydrogen-bond donors (Lipinski definition) is 0. The molecule has 1 spiro atoms. The highest BCUT2D eigenvalue weighted by atomic mass is 33.1. The van der Waals surface area contributed by atoms with Gasteiger partial charge in [-0.2, -0.15) is 0 Å². The molecule has 104 valence electrons. The first-order chi connectivity index (χ1) is 9.29. The highest BCUT2D eigenvalue weighted by Crippen LogP contribution is 2.64. The average molecular weight is 296 g/mol. The van der Waals surface area contributed by atoms with Crippen molar-refractivity contribution in [1.82, 2.24) is 0 Å². The highest BCUT2D eigenvalue weighted by molar-refractivity contribution is 8.77. The summed E-state index contributed by atoms with van der Waals surface area (Å²) < 4.78 is 11.5. The van der Waals surface area contributed by atoms with Gasteiger partial charge in [0.2, 0.25) is 0 Å². The van der Waals surface area contributed by atoms with Crippen LogP contribution in [0.4, 0.5) is 0 Å². The SMILES string of the molecule is COc1ccc(C2SSC3(CCCC3)C2OC)cc1. The van der Waals surface area contributed by atoms with Crippen LogP contribution >= 0.6 is 21.6 Å². The predicted octanol–water partition coefficient (Wildman–Crippen LogP) is 4.46. The fourth-order valence-corrected chi connectivity index (χ4v) is 7.44. The van der Waals surface area contributed by atoms with E-state index >= 15 is 0 Å². The molecule has 1 aliphatic carbocycles. The number of ether oxygens (including phenoxy) is 2. The van der Waals surface area contributed by atoms with E-state index in [-0.39, 0.29) is 0 Å². The third-order valence-electron chi connectivity index (χ3n) is 4.26. The summed E-state index contributed by atoms with van der Waals surface area (Å²) in [4.78, 5) is 0. The molecule has 1 saturated carbocycles. The Morgan fingerprint density at radius 3 is 2.37 bits per heavy atom. The van der Waals surface area contributed by atoms with Crippen LogP contribution in [0.25, 0.3) is 0 Å². The fourth-order valence-electron chi connectivity index (χ4n) is 3.23. The second-order valence-corrected chi connectivity index (χ2v) is 8.06. The molecule has 1 aromatic rings. The Kier molecular flexibility index (Phi) is 4.01. The molecule has 0 N–H and O–H groups in total. The minimum atomic E-state index is 0.332. The van der Waals surface area contributed by atoms with Gasteiger partial charge in [0.25, 0.3) is 0 Å². The maximum absolute atomic E-state index is 5.90. The van der Waals surface area contributed by atoms with E-state index in [4.69, 9.17) is 9.47 Å². The maximum atomic E-state index is 5.90. The average Bonchev–Trinajstić information content (AvgIpc) is 3.07. The summed E-state index contributed by atoms with van der Waals surface area (Å²) in [6.45, 7) is 0. The third kappa shape index (κ3) is 2.39. The maximum Gasteiger partial charge on any atom is 0.118 e. The molecule has 0 aromatic heterocycles. The minimum absolute atomic E-state index is 0.332. The molecule has 0 radical (unpaired) electrons. The number of benzene rings is 1. The summed E-state index contributed by atoms with van der Waals surface area (Å²) in [7, 11) is 7.62. The number of hydrogen-bond acceptors (Lipinski definition) is 4. The van der Waals surface area contributed by atoms with Gasteiger partial charge in [0.15, 0.2) is 0 Å². The van der Waals surface area contributed by atoms with Crippen LogP contribution in [0.5, 0.6) is 5.75 Å². The van der Waals surface area contributed by atoms with Crippen molar-refractivity contribution in [3.63, 3.8) is 0 Å². The topological polar surface area (TPSA) is 18.5 Å². The van der Waals surface area contributed by atoms with Crippen LogP contribution in [0.3, 0.4) is 0 Å². The Labute approximate surface area is 123 Å². The molecular formula is C15H20O2S2. The molecule has 2 aliphatic rings. The zero-order chi connectivity index (χ0) is 13.3. The summed E-state index contributed by atoms with van der Waals surface area (Å²) in [5.41, 5.74) is 1.36. The molecule has 1 aromatic carbocycles. The lowest BCUT2D eigenvalue weighted by Gasteiger charge is -2.30. The lowest BCUT2D eigenvalue weighted by atomic mass is 9.93. The molecule has 1 heterocycles. The van der Waals surface area contributed by atoms with Crippen molar-refractivity contribution in [3.05, 3.63) is 29.8 Å². The summed E-state index contributed by atoms with van der Waals surface area (Å²) in [6.07, 6.45) is 5.63. The molecule has 1 saturated heterocycles. The van der Waals surface area contributed by atoms with Crippen molar-refractivity contribution < 1.29 is 9.47 Å². The van der Waals surface area contributed by atoms with E-state index in [9.17, 15) is 0 Å². The van der Waals surface area contributed by atoms with Gasteiger partial charge in [-0.15, -0.1) is 0 Å². The Balaban J connectivity index is 1.84. The van der Waals surface area contributed by atoms with E-state index in [2.05, 4.69) is 22.9 Å². The lowest BCUT2D eigenvalue weighted by Crippen LogP contribution is -2.36. The molecule has 19 heavy (non-hydrogen) atoms. The van der Waals surface area contributed by atoms with Gasteiger partial charge < -0.3 is 9.47 Å². The quantitative estimate of drug-likeness (QED) is 0.766. The molecule has 2 atom stereocenters. The summed E-state index contributed by atoms with van der Waals surface area (Å²) in [5.74, 6) is 0.920. The van der Waals surface area contributed by atoms with Gasteiger partial charge in [-0.05, 0) is 30.5 Å². The highest BCUT2D eigenvalue weighted by Gasteiger charge is 2.52. The third-order valence-corrected chi connectivity index (χ3v) is 7.96. The van der Waals surface area contributed by atoms with Crippen LogP contribution in [0.1, 0.15) is 36.5 Å².